The second kappa shape index (κ2) is 7.47. The molecule has 1 aliphatic rings. The predicted molar refractivity (Wildman–Crippen MR) is 92.5 cm³/mol. The van der Waals surface area contributed by atoms with Gasteiger partial charge in [-0.1, -0.05) is 0 Å². The largest absolute Gasteiger partial charge is 0.490 e. The molecule has 1 unspecified atom stereocenters. The molecule has 0 radical (unpaired) electrons. The van der Waals surface area contributed by atoms with Crippen LogP contribution in [-0.4, -0.2) is 51.6 Å². The number of ether oxygens (including phenoxy) is 2. The van der Waals surface area contributed by atoms with Crippen LogP contribution in [0.15, 0.2) is 24.5 Å². The Bertz CT molecular complexity index is 817. The van der Waals surface area contributed by atoms with Crippen LogP contribution in [-0.2, 0) is 11.2 Å². The number of carbonyl (C=O) groups excluding carboxylic acids is 1. The molecule has 2 N–H and O–H groups in total. The molecule has 1 aliphatic heterocycles. The Morgan fingerprint density at radius 2 is 2.00 bits per heavy atom. The Balaban J connectivity index is 1.93. The van der Waals surface area contributed by atoms with Gasteiger partial charge in [-0.15, -0.1) is 0 Å². The molecule has 26 heavy (non-hydrogen) atoms. The van der Waals surface area contributed by atoms with Crippen molar-refractivity contribution in [1.29, 1.82) is 0 Å². The van der Waals surface area contributed by atoms with Gasteiger partial charge in [-0.2, -0.15) is 0 Å². The second-order valence-corrected chi connectivity index (χ2v) is 5.78. The number of benzene rings is 1. The van der Waals surface area contributed by atoms with E-state index in [9.17, 15) is 14.7 Å². The SMILES string of the molecule is CCOc1ccc(C(=O)N2CCc3[nH]cnc3C2C(=O)O)cc1OCC. The van der Waals surface area contributed by atoms with E-state index in [4.69, 9.17) is 9.47 Å². The van der Waals surface area contributed by atoms with Crippen molar-refractivity contribution in [3.05, 3.63) is 41.5 Å². The lowest BCUT2D eigenvalue weighted by Gasteiger charge is -2.32. The van der Waals surface area contributed by atoms with Crippen LogP contribution >= 0.6 is 0 Å². The van der Waals surface area contributed by atoms with E-state index >= 15 is 0 Å². The molecule has 138 valence electrons. The van der Waals surface area contributed by atoms with Crippen molar-refractivity contribution >= 4 is 11.9 Å². The zero-order chi connectivity index (χ0) is 18.7. The zero-order valence-electron chi connectivity index (χ0n) is 14.7. The Labute approximate surface area is 150 Å². The van der Waals surface area contributed by atoms with E-state index < -0.39 is 12.0 Å². The molecule has 1 amide bonds. The molecule has 0 saturated heterocycles. The number of hydrogen-bond donors (Lipinski definition) is 2. The van der Waals surface area contributed by atoms with E-state index in [1.54, 1.807) is 18.2 Å². The van der Waals surface area contributed by atoms with Crippen molar-refractivity contribution in [2.75, 3.05) is 19.8 Å². The van der Waals surface area contributed by atoms with E-state index in [0.29, 0.717) is 48.9 Å². The van der Waals surface area contributed by atoms with Crippen LogP contribution in [0.2, 0.25) is 0 Å². The number of carboxylic acids is 1. The van der Waals surface area contributed by atoms with Gasteiger partial charge in [0.2, 0.25) is 0 Å². The first-order valence-electron chi connectivity index (χ1n) is 8.52. The Morgan fingerprint density at radius 1 is 1.27 bits per heavy atom. The number of hydrogen-bond acceptors (Lipinski definition) is 5. The van der Waals surface area contributed by atoms with Crippen LogP contribution in [0.5, 0.6) is 11.5 Å². The smallest absolute Gasteiger partial charge is 0.332 e. The van der Waals surface area contributed by atoms with Gasteiger partial charge in [-0.3, -0.25) is 4.79 Å². The van der Waals surface area contributed by atoms with E-state index in [0.717, 1.165) is 5.69 Å². The maximum Gasteiger partial charge on any atom is 0.332 e. The number of aliphatic carboxylic acids is 1. The van der Waals surface area contributed by atoms with Crippen molar-refractivity contribution < 1.29 is 24.2 Å². The van der Waals surface area contributed by atoms with E-state index in [1.807, 2.05) is 13.8 Å². The third kappa shape index (κ3) is 3.22. The zero-order valence-corrected chi connectivity index (χ0v) is 14.7. The molecule has 1 atom stereocenters. The maximum absolute atomic E-state index is 13.0. The number of fused-ring (bicyclic) bond motifs is 1. The molecule has 0 bridgehead atoms. The average molecular weight is 359 g/mol. The summed E-state index contributed by atoms with van der Waals surface area (Å²) in [5.41, 5.74) is 1.48. The van der Waals surface area contributed by atoms with Gasteiger partial charge in [0.05, 0.1) is 25.2 Å². The lowest BCUT2D eigenvalue weighted by Crippen LogP contribution is -2.43. The first kappa shape index (κ1) is 17.8. The monoisotopic (exact) mass is 359 g/mol. The molecular formula is C18H21N3O5. The highest BCUT2D eigenvalue weighted by Gasteiger charge is 2.38. The first-order chi connectivity index (χ1) is 12.6. The molecule has 1 aromatic carbocycles. The Hall–Kier alpha value is -3.03. The second-order valence-electron chi connectivity index (χ2n) is 5.78. The number of amides is 1. The van der Waals surface area contributed by atoms with Gasteiger partial charge in [0, 0.05) is 24.2 Å². The maximum atomic E-state index is 13.0. The van der Waals surface area contributed by atoms with Crippen LogP contribution in [0.1, 0.15) is 41.6 Å². The van der Waals surface area contributed by atoms with Crippen molar-refractivity contribution in [2.24, 2.45) is 0 Å². The number of nitrogens with zero attached hydrogens (tertiary/aromatic N) is 2. The molecule has 8 heteroatoms. The summed E-state index contributed by atoms with van der Waals surface area (Å²) in [6.45, 7) is 4.90. The van der Waals surface area contributed by atoms with Crippen molar-refractivity contribution in [1.82, 2.24) is 14.9 Å². The quantitative estimate of drug-likeness (QED) is 0.818. The highest BCUT2D eigenvalue weighted by Crippen LogP contribution is 2.32. The average Bonchev–Trinajstić information content (AvgIpc) is 3.10. The molecule has 0 aliphatic carbocycles. The molecule has 0 fully saturated rings. The number of rotatable bonds is 6. The lowest BCUT2D eigenvalue weighted by molar-refractivity contribution is -0.143. The number of aromatic nitrogens is 2. The van der Waals surface area contributed by atoms with Gasteiger partial charge >= 0.3 is 5.97 Å². The number of nitrogens with one attached hydrogen (secondary N) is 1. The summed E-state index contributed by atoms with van der Waals surface area (Å²) in [6.07, 6.45) is 1.98. The fraction of sp³-hybridized carbons (Fsp3) is 0.389. The molecular weight excluding hydrogens is 338 g/mol. The van der Waals surface area contributed by atoms with Crippen LogP contribution in [0.25, 0.3) is 0 Å². The fourth-order valence-corrected chi connectivity index (χ4v) is 3.10. The van der Waals surface area contributed by atoms with Gasteiger partial charge in [0.25, 0.3) is 5.91 Å². The van der Waals surface area contributed by atoms with Crippen LogP contribution in [0.4, 0.5) is 0 Å². The Kier molecular flexibility index (Phi) is 5.11. The van der Waals surface area contributed by atoms with Crippen LogP contribution in [0, 0.1) is 0 Å². The molecule has 8 nitrogen and oxygen atoms in total. The van der Waals surface area contributed by atoms with E-state index in [-0.39, 0.29) is 5.91 Å². The minimum absolute atomic E-state index is 0.294. The highest BCUT2D eigenvalue weighted by molar-refractivity contribution is 5.97. The molecule has 0 saturated carbocycles. The van der Waals surface area contributed by atoms with E-state index in [2.05, 4.69) is 9.97 Å². The molecule has 3 rings (SSSR count). The van der Waals surface area contributed by atoms with Gasteiger partial charge in [-0.25, -0.2) is 9.78 Å². The number of aromatic amines is 1. The predicted octanol–water partition coefficient (Wildman–Crippen LogP) is 2.03. The third-order valence-corrected chi connectivity index (χ3v) is 4.21. The standard InChI is InChI=1S/C18H21N3O5/c1-3-25-13-6-5-11(9-14(13)26-4-2)17(22)21-8-7-12-15(20-10-19-12)16(21)18(23)24/h5-6,9-10,16H,3-4,7-8H2,1-2H3,(H,19,20)(H,23,24). The summed E-state index contributed by atoms with van der Waals surface area (Å²) in [6, 6.07) is 3.77. The minimum Gasteiger partial charge on any atom is -0.490 e. The normalized spacial score (nSPS) is 16.1. The van der Waals surface area contributed by atoms with Gasteiger partial charge < -0.3 is 24.5 Å². The van der Waals surface area contributed by atoms with Crippen LogP contribution < -0.4 is 9.47 Å². The summed E-state index contributed by atoms with van der Waals surface area (Å²) < 4.78 is 11.1. The number of carboxylic acid groups (broad SMARTS) is 1. The number of H-pyrrole nitrogens is 1. The summed E-state index contributed by atoms with van der Waals surface area (Å²) in [4.78, 5) is 33.1. The van der Waals surface area contributed by atoms with E-state index in [1.165, 1.54) is 11.2 Å². The Morgan fingerprint density at radius 3 is 2.69 bits per heavy atom. The van der Waals surface area contributed by atoms with Crippen LogP contribution in [0.3, 0.4) is 0 Å². The third-order valence-electron chi connectivity index (χ3n) is 4.21. The van der Waals surface area contributed by atoms with Gasteiger partial charge in [0.1, 0.15) is 0 Å². The summed E-state index contributed by atoms with van der Waals surface area (Å²) in [5, 5.41) is 9.63. The van der Waals surface area contributed by atoms with Gasteiger partial charge in [0.15, 0.2) is 17.5 Å². The molecule has 2 aromatic rings. The molecule has 2 heterocycles. The topological polar surface area (TPSA) is 105 Å². The first-order valence-corrected chi connectivity index (χ1v) is 8.52. The lowest BCUT2D eigenvalue weighted by atomic mass is 10.0. The summed E-state index contributed by atoms with van der Waals surface area (Å²) in [5.74, 6) is -0.476. The number of carbonyl (C=O) groups is 2. The van der Waals surface area contributed by atoms with Gasteiger partial charge in [-0.05, 0) is 32.0 Å². The minimum atomic E-state index is -1.11. The number of imidazole rings is 1. The summed E-state index contributed by atoms with van der Waals surface area (Å²) >= 11 is 0. The molecule has 0 spiro atoms. The molecule has 1 aromatic heterocycles. The fourth-order valence-electron chi connectivity index (χ4n) is 3.10. The summed E-state index contributed by atoms with van der Waals surface area (Å²) in [7, 11) is 0. The van der Waals surface area contributed by atoms with Crippen molar-refractivity contribution in [3.63, 3.8) is 0 Å². The van der Waals surface area contributed by atoms with Crippen molar-refractivity contribution in [3.8, 4) is 11.5 Å². The van der Waals surface area contributed by atoms with Crippen molar-refractivity contribution in [2.45, 2.75) is 26.3 Å². The highest BCUT2D eigenvalue weighted by atomic mass is 16.5.